The predicted molar refractivity (Wildman–Crippen MR) is 117 cm³/mol. The maximum Gasteiger partial charge on any atom is 0.334 e. The zero-order chi connectivity index (χ0) is 22.5. The molecule has 0 radical (unpaired) electrons. The van der Waals surface area contributed by atoms with Crippen molar-refractivity contribution in [2.24, 2.45) is 0 Å². The summed E-state index contributed by atoms with van der Waals surface area (Å²) in [6.07, 6.45) is 3.78. The van der Waals surface area contributed by atoms with Crippen LogP contribution in [0.3, 0.4) is 0 Å². The van der Waals surface area contributed by atoms with E-state index in [1.807, 2.05) is 48.6 Å². The highest BCUT2D eigenvalue weighted by atomic mass is 16.4. The lowest BCUT2D eigenvalue weighted by molar-refractivity contribution is -0.133. The number of carbonyl (C=O) groups is 2. The number of carboxylic acids is 2. The lowest BCUT2D eigenvalue weighted by Crippen LogP contribution is -2.34. The van der Waals surface area contributed by atoms with Crippen molar-refractivity contribution in [3.05, 3.63) is 99.9 Å². The summed E-state index contributed by atoms with van der Waals surface area (Å²) in [5.74, 6) is -3.35. The van der Waals surface area contributed by atoms with Crippen LogP contribution >= 0.6 is 0 Å². The average molecular weight is 414 g/mol. The van der Waals surface area contributed by atoms with Crippen LogP contribution in [0.15, 0.2) is 83.2 Å². The summed E-state index contributed by atoms with van der Waals surface area (Å²) < 4.78 is 0. The third kappa shape index (κ3) is 4.41. The molecule has 1 aliphatic heterocycles. The van der Waals surface area contributed by atoms with E-state index in [0.29, 0.717) is 29.1 Å². The van der Waals surface area contributed by atoms with Crippen molar-refractivity contribution in [1.82, 2.24) is 4.90 Å². The molecule has 0 spiro atoms. The van der Waals surface area contributed by atoms with E-state index >= 15 is 0 Å². The summed E-state index contributed by atoms with van der Waals surface area (Å²) in [5, 5.41) is 29.2. The van der Waals surface area contributed by atoms with Crippen molar-refractivity contribution >= 4 is 18.0 Å². The molecule has 0 aromatic heterocycles. The van der Waals surface area contributed by atoms with E-state index in [2.05, 4.69) is 0 Å². The van der Waals surface area contributed by atoms with Gasteiger partial charge in [0.15, 0.2) is 0 Å². The molecule has 1 aliphatic rings. The van der Waals surface area contributed by atoms with Gasteiger partial charge in [0.25, 0.3) is 0 Å². The average Bonchev–Trinajstić information content (AvgIpc) is 2.75. The Morgan fingerprint density at radius 3 is 2.16 bits per heavy atom. The molecule has 0 fully saturated rings. The summed E-state index contributed by atoms with van der Waals surface area (Å²) in [6, 6.07) is 18.1. The van der Waals surface area contributed by atoms with Gasteiger partial charge < -0.3 is 15.1 Å². The van der Waals surface area contributed by atoms with E-state index in [0.717, 1.165) is 5.56 Å². The first-order valence-corrected chi connectivity index (χ1v) is 9.72. The number of nitriles is 1. The molecule has 0 atom stereocenters. The van der Waals surface area contributed by atoms with Gasteiger partial charge in [-0.3, -0.25) is 0 Å². The van der Waals surface area contributed by atoms with Crippen LogP contribution in [-0.2, 0) is 9.59 Å². The van der Waals surface area contributed by atoms with Crippen molar-refractivity contribution in [2.45, 2.75) is 19.8 Å². The molecular formula is C25H22N2O4. The molecule has 1 heterocycles. The van der Waals surface area contributed by atoms with Crippen molar-refractivity contribution < 1.29 is 19.8 Å². The molecule has 3 rings (SSSR count). The fourth-order valence-electron chi connectivity index (χ4n) is 3.91. The van der Waals surface area contributed by atoms with Crippen LogP contribution in [0.2, 0.25) is 0 Å². The van der Waals surface area contributed by atoms with Gasteiger partial charge in [-0.25, -0.2) is 9.59 Å². The minimum Gasteiger partial charge on any atom is -0.478 e. The van der Waals surface area contributed by atoms with E-state index in [9.17, 15) is 25.1 Å². The molecule has 2 aromatic carbocycles. The summed E-state index contributed by atoms with van der Waals surface area (Å²) in [6.45, 7) is 3.69. The molecule has 2 N–H and O–H groups in total. The van der Waals surface area contributed by atoms with Gasteiger partial charge in [0.1, 0.15) is 0 Å². The number of nitrogens with zero attached hydrogens (tertiary/aromatic N) is 2. The Morgan fingerprint density at radius 2 is 1.61 bits per heavy atom. The predicted octanol–water partition coefficient (Wildman–Crippen LogP) is 4.39. The highest BCUT2D eigenvalue weighted by molar-refractivity contribution is 5.98. The highest BCUT2D eigenvalue weighted by Gasteiger charge is 2.39. The Labute approximate surface area is 180 Å². The minimum absolute atomic E-state index is 0.00815. The van der Waals surface area contributed by atoms with Gasteiger partial charge in [-0.1, -0.05) is 54.6 Å². The Hall–Kier alpha value is -4.11. The van der Waals surface area contributed by atoms with Crippen LogP contribution in [0, 0.1) is 11.3 Å². The molecule has 0 saturated carbocycles. The standard InChI is InChI=1S/C25H22N2O4/c1-16-21(24(28)29)23(20-12-6-10-19(14-20)15-26)22(25(30)31)17(2)27(16)13-7-11-18-8-4-3-5-9-18/h3-12,14,23H,13H2,1-2H3,(H,28,29)(H,30,31). The molecule has 0 saturated heterocycles. The number of benzene rings is 2. The van der Waals surface area contributed by atoms with Crippen molar-refractivity contribution in [3.63, 3.8) is 0 Å². The zero-order valence-corrected chi connectivity index (χ0v) is 17.2. The highest BCUT2D eigenvalue weighted by Crippen LogP contribution is 2.42. The zero-order valence-electron chi connectivity index (χ0n) is 17.2. The van der Waals surface area contributed by atoms with Crippen LogP contribution in [0.5, 0.6) is 0 Å². The molecule has 0 bridgehead atoms. The lowest BCUT2D eigenvalue weighted by atomic mass is 9.79. The summed E-state index contributed by atoms with van der Waals surface area (Å²) in [7, 11) is 0. The number of rotatable bonds is 6. The Kier molecular flexibility index (Phi) is 6.37. The van der Waals surface area contributed by atoms with E-state index in [1.54, 1.807) is 43.0 Å². The van der Waals surface area contributed by atoms with Gasteiger partial charge in [-0.05, 0) is 37.1 Å². The maximum atomic E-state index is 12.2. The third-order valence-corrected chi connectivity index (χ3v) is 5.37. The van der Waals surface area contributed by atoms with Crippen molar-refractivity contribution in [1.29, 1.82) is 5.26 Å². The van der Waals surface area contributed by atoms with Gasteiger partial charge in [0.2, 0.25) is 0 Å². The summed E-state index contributed by atoms with van der Waals surface area (Å²) >= 11 is 0. The minimum atomic E-state index is -1.19. The molecule has 2 aromatic rings. The van der Waals surface area contributed by atoms with Gasteiger partial charge in [-0.2, -0.15) is 5.26 Å². The van der Waals surface area contributed by atoms with Crippen molar-refractivity contribution in [2.75, 3.05) is 6.54 Å². The first kappa shape index (κ1) is 21.6. The number of carboxylic acid groups (broad SMARTS) is 2. The monoisotopic (exact) mass is 414 g/mol. The quantitative estimate of drug-likeness (QED) is 0.727. The number of aliphatic carboxylic acids is 2. The Balaban J connectivity index is 2.09. The number of hydrogen-bond donors (Lipinski definition) is 2. The molecule has 156 valence electrons. The van der Waals surface area contributed by atoms with Crippen LogP contribution in [0.1, 0.15) is 36.5 Å². The number of allylic oxidation sites excluding steroid dienone is 2. The van der Waals surface area contributed by atoms with E-state index in [4.69, 9.17) is 0 Å². The Morgan fingerprint density at radius 1 is 1.00 bits per heavy atom. The normalized spacial score (nSPS) is 14.8. The molecule has 6 nitrogen and oxygen atoms in total. The van der Waals surface area contributed by atoms with E-state index in [1.165, 1.54) is 0 Å². The van der Waals surface area contributed by atoms with Gasteiger partial charge >= 0.3 is 11.9 Å². The Bertz CT molecular complexity index is 1120. The molecule has 0 unspecified atom stereocenters. The molecule has 0 amide bonds. The fourth-order valence-corrected chi connectivity index (χ4v) is 3.91. The smallest absolute Gasteiger partial charge is 0.334 e. The second-order valence-electron chi connectivity index (χ2n) is 7.20. The fraction of sp³-hybridized carbons (Fsp3) is 0.160. The van der Waals surface area contributed by atoms with E-state index < -0.39 is 17.9 Å². The second kappa shape index (κ2) is 9.14. The number of hydrogen-bond acceptors (Lipinski definition) is 4. The summed E-state index contributed by atoms with van der Waals surface area (Å²) in [4.78, 5) is 26.2. The molecule has 6 heteroatoms. The van der Waals surface area contributed by atoms with Crippen LogP contribution in [0.4, 0.5) is 0 Å². The third-order valence-electron chi connectivity index (χ3n) is 5.37. The summed E-state index contributed by atoms with van der Waals surface area (Å²) in [5.41, 5.74) is 2.73. The SMILES string of the molecule is CC1=C(C(=O)O)C(c2cccc(C#N)c2)C(C(=O)O)=C(C)N1CC=Cc1ccccc1. The molecular weight excluding hydrogens is 392 g/mol. The maximum absolute atomic E-state index is 12.2. The van der Waals surface area contributed by atoms with Gasteiger partial charge in [0.05, 0.1) is 28.7 Å². The van der Waals surface area contributed by atoms with Crippen molar-refractivity contribution in [3.8, 4) is 6.07 Å². The lowest BCUT2D eigenvalue weighted by Gasteiger charge is -2.36. The topological polar surface area (TPSA) is 102 Å². The van der Waals surface area contributed by atoms with E-state index in [-0.39, 0.29) is 11.1 Å². The first-order chi connectivity index (χ1) is 14.8. The van der Waals surface area contributed by atoms with Crippen LogP contribution in [0.25, 0.3) is 6.08 Å². The first-order valence-electron chi connectivity index (χ1n) is 9.72. The second-order valence-corrected chi connectivity index (χ2v) is 7.20. The molecule has 0 aliphatic carbocycles. The van der Waals surface area contributed by atoms with Gasteiger partial charge in [-0.15, -0.1) is 0 Å². The van der Waals surface area contributed by atoms with Crippen LogP contribution < -0.4 is 0 Å². The van der Waals surface area contributed by atoms with Gasteiger partial charge in [0, 0.05) is 17.9 Å². The largest absolute Gasteiger partial charge is 0.478 e. The van der Waals surface area contributed by atoms with Crippen LogP contribution in [-0.4, -0.2) is 33.6 Å². The molecule has 31 heavy (non-hydrogen) atoms.